The van der Waals surface area contributed by atoms with Crippen LogP contribution in [0.1, 0.15) is 25.8 Å². The van der Waals surface area contributed by atoms with Crippen LogP contribution in [0.15, 0.2) is 24.5 Å². The van der Waals surface area contributed by atoms with Crippen molar-refractivity contribution in [1.29, 1.82) is 0 Å². The first kappa shape index (κ1) is 15.9. The monoisotopic (exact) mass is 279 g/mol. The summed E-state index contributed by atoms with van der Waals surface area (Å²) in [6.07, 6.45) is 3.87. The van der Waals surface area contributed by atoms with Crippen LogP contribution < -0.4 is 10.6 Å². The Hall–Kier alpha value is -2.11. The normalized spacial score (nSPS) is 11.8. The standard InChI is InChI=1S/C14H21N3O3/c1-10(2)7-12(13(18)20-3)17-14(19)16-9-11-5-4-6-15-8-11/h4-6,8,10,12H,7,9H2,1-3H3,(H2,16,17,19)/t12-/m0/s1. The van der Waals surface area contributed by atoms with Crippen molar-refractivity contribution in [2.45, 2.75) is 32.9 Å². The second-order valence-electron chi connectivity index (χ2n) is 4.89. The number of carbonyl (C=O) groups is 2. The second-order valence-corrected chi connectivity index (χ2v) is 4.89. The third kappa shape index (κ3) is 5.69. The average molecular weight is 279 g/mol. The van der Waals surface area contributed by atoms with E-state index in [4.69, 9.17) is 0 Å². The van der Waals surface area contributed by atoms with Gasteiger partial charge in [-0.15, -0.1) is 0 Å². The molecule has 0 saturated heterocycles. The van der Waals surface area contributed by atoms with Crippen molar-refractivity contribution in [2.75, 3.05) is 7.11 Å². The Kier molecular flexibility index (Phi) is 6.49. The molecule has 1 aromatic rings. The van der Waals surface area contributed by atoms with Crippen LogP contribution in [0.4, 0.5) is 4.79 Å². The number of aromatic nitrogens is 1. The quantitative estimate of drug-likeness (QED) is 0.773. The van der Waals surface area contributed by atoms with Crippen molar-refractivity contribution in [2.24, 2.45) is 5.92 Å². The lowest BCUT2D eigenvalue weighted by molar-refractivity contribution is -0.143. The molecule has 6 heteroatoms. The van der Waals surface area contributed by atoms with Crippen molar-refractivity contribution >= 4 is 12.0 Å². The maximum absolute atomic E-state index is 11.8. The number of ether oxygens (including phenoxy) is 1. The minimum Gasteiger partial charge on any atom is -0.467 e. The molecule has 1 rings (SSSR count). The summed E-state index contributed by atoms with van der Waals surface area (Å²) in [6, 6.07) is 2.63. The zero-order valence-electron chi connectivity index (χ0n) is 12.1. The summed E-state index contributed by atoms with van der Waals surface area (Å²) < 4.78 is 4.69. The van der Waals surface area contributed by atoms with Crippen LogP contribution in [0.25, 0.3) is 0 Å². The van der Waals surface area contributed by atoms with E-state index in [1.165, 1.54) is 7.11 Å². The predicted molar refractivity (Wildman–Crippen MR) is 74.9 cm³/mol. The molecule has 0 aliphatic rings. The third-order valence-electron chi connectivity index (χ3n) is 2.67. The lowest BCUT2D eigenvalue weighted by Gasteiger charge is -2.18. The van der Waals surface area contributed by atoms with Gasteiger partial charge in [0, 0.05) is 18.9 Å². The first-order chi connectivity index (χ1) is 9.52. The van der Waals surface area contributed by atoms with Gasteiger partial charge in [-0.1, -0.05) is 19.9 Å². The smallest absolute Gasteiger partial charge is 0.328 e. The third-order valence-corrected chi connectivity index (χ3v) is 2.67. The number of amides is 2. The molecule has 1 heterocycles. The fourth-order valence-corrected chi connectivity index (χ4v) is 1.72. The Morgan fingerprint density at radius 1 is 1.40 bits per heavy atom. The van der Waals surface area contributed by atoms with Crippen LogP contribution in [-0.2, 0) is 16.1 Å². The summed E-state index contributed by atoms with van der Waals surface area (Å²) in [5.41, 5.74) is 0.890. The summed E-state index contributed by atoms with van der Waals surface area (Å²) in [5, 5.41) is 5.31. The molecule has 0 saturated carbocycles. The van der Waals surface area contributed by atoms with E-state index in [1.807, 2.05) is 19.9 Å². The number of pyridine rings is 1. The topological polar surface area (TPSA) is 80.3 Å². The molecule has 1 atom stereocenters. The Labute approximate surface area is 118 Å². The van der Waals surface area contributed by atoms with Gasteiger partial charge in [-0.25, -0.2) is 9.59 Å². The second kappa shape index (κ2) is 8.14. The van der Waals surface area contributed by atoms with Gasteiger partial charge in [-0.05, 0) is 24.0 Å². The van der Waals surface area contributed by atoms with Gasteiger partial charge in [0.25, 0.3) is 0 Å². The van der Waals surface area contributed by atoms with Gasteiger partial charge in [-0.3, -0.25) is 4.98 Å². The highest BCUT2D eigenvalue weighted by Crippen LogP contribution is 2.06. The number of nitrogens with one attached hydrogen (secondary N) is 2. The SMILES string of the molecule is COC(=O)[C@H](CC(C)C)NC(=O)NCc1cccnc1. The number of esters is 1. The van der Waals surface area contributed by atoms with Crippen LogP contribution in [0.5, 0.6) is 0 Å². The van der Waals surface area contributed by atoms with E-state index in [0.717, 1.165) is 5.56 Å². The van der Waals surface area contributed by atoms with Crippen molar-refractivity contribution in [1.82, 2.24) is 15.6 Å². The summed E-state index contributed by atoms with van der Waals surface area (Å²) in [4.78, 5) is 27.3. The molecule has 0 aliphatic carbocycles. The number of urea groups is 1. The Balaban J connectivity index is 2.47. The summed E-state index contributed by atoms with van der Waals surface area (Å²) in [7, 11) is 1.31. The molecule has 0 bridgehead atoms. The van der Waals surface area contributed by atoms with Gasteiger partial charge < -0.3 is 15.4 Å². The van der Waals surface area contributed by atoms with E-state index in [-0.39, 0.29) is 5.92 Å². The van der Waals surface area contributed by atoms with Gasteiger partial charge in [0.05, 0.1) is 7.11 Å². The fourth-order valence-electron chi connectivity index (χ4n) is 1.72. The van der Waals surface area contributed by atoms with Crippen molar-refractivity contribution < 1.29 is 14.3 Å². The van der Waals surface area contributed by atoms with E-state index in [2.05, 4.69) is 20.4 Å². The molecule has 0 fully saturated rings. The summed E-state index contributed by atoms with van der Waals surface area (Å²) in [5.74, 6) is -0.159. The number of methoxy groups -OCH3 is 1. The lowest BCUT2D eigenvalue weighted by Crippen LogP contribution is -2.46. The van der Waals surface area contributed by atoms with Crippen molar-refractivity contribution in [3.05, 3.63) is 30.1 Å². The number of hydrogen-bond acceptors (Lipinski definition) is 4. The number of carbonyl (C=O) groups excluding carboxylic acids is 2. The number of hydrogen-bond donors (Lipinski definition) is 2. The van der Waals surface area contributed by atoms with Gasteiger partial charge in [0.2, 0.25) is 0 Å². The maximum atomic E-state index is 11.8. The van der Waals surface area contributed by atoms with E-state index in [0.29, 0.717) is 13.0 Å². The minimum atomic E-state index is -0.631. The fraction of sp³-hybridized carbons (Fsp3) is 0.500. The largest absolute Gasteiger partial charge is 0.467 e. The summed E-state index contributed by atoms with van der Waals surface area (Å²) >= 11 is 0. The van der Waals surface area contributed by atoms with Crippen molar-refractivity contribution in [3.63, 3.8) is 0 Å². The Morgan fingerprint density at radius 2 is 2.15 bits per heavy atom. The zero-order chi connectivity index (χ0) is 15.0. The van der Waals surface area contributed by atoms with Gasteiger partial charge >= 0.3 is 12.0 Å². The molecule has 0 aromatic carbocycles. The zero-order valence-corrected chi connectivity index (χ0v) is 12.1. The predicted octanol–water partition coefficient (Wildman–Crippen LogP) is 1.47. The lowest BCUT2D eigenvalue weighted by atomic mass is 10.0. The molecular weight excluding hydrogens is 258 g/mol. The molecule has 0 aliphatic heterocycles. The average Bonchev–Trinajstić information content (AvgIpc) is 2.44. The molecule has 6 nitrogen and oxygen atoms in total. The van der Waals surface area contributed by atoms with Crippen molar-refractivity contribution in [3.8, 4) is 0 Å². The Bertz CT molecular complexity index is 435. The molecule has 0 spiro atoms. The van der Waals surface area contributed by atoms with Crippen LogP contribution >= 0.6 is 0 Å². The van der Waals surface area contributed by atoms with E-state index < -0.39 is 18.0 Å². The molecular formula is C14H21N3O3. The van der Waals surface area contributed by atoms with Crippen LogP contribution in [0.3, 0.4) is 0 Å². The van der Waals surface area contributed by atoms with Gasteiger partial charge in [-0.2, -0.15) is 0 Å². The highest BCUT2D eigenvalue weighted by molar-refractivity contribution is 5.83. The van der Waals surface area contributed by atoms with Crippen LogP contribution in [-0.4, -0.2) is 30.1 Å². The summed E-state index contributed by atoms with van der Waals surface area (Å²) in [6.45, 7) is 4.31. The highest BCUT2D eigenvalue weighted by Gasteiger charge is 2.22. The maximum Gasteiger partial charge on any atom is 0.328 e. The molecule has 20 heavy (non-hydrogen) atoms. The first-order valence-corrected chi connectivity index (χ1v) is 6.54. The minimum absolute atomic E-state index is 0.276. The highest BCUT2D eigenvalue weighted by atomic mass is 16.5. The van der Waals surface area contributed by atoms with Gasteiger partial charge in [0.15, 0.2) is 0 Å². The molecule has 0 radical (unpaired) electrons. The molecule has 0 unspecified atom stereocenters. The number of rotatable bonds is 6. The van der Waals surface area contributed by atoms with E-state index in [9.17, 15) is 9.59 Å². The van der Waals surface area contributed by atoms with E-state index >= 15 is 0 Å². The molecule has 110 valence electrons. The number of nitrogens with zero attached hydrogens (tertiary/aromatic N) is 1. The van der Waals surface area contributed by atoms with E-state index in [1.54, 1.807) is 18.5 Å². The Morgan fingerprint density at radius 3 is 2.70 bits per heavy atom. The van der Waals surface area contributed by atoms with Crippen LogP contribution in [0, 0.1) is 5.92 Å². The molecule has 2 amide bonds. The molecule has 1 aromatic heterocycles. The molecule has 2 N–H and O–H groups in total. The first-order valence-electron chi connectivity index (χ1n) is 6.54. The van der Waals surface area contributed by atoms with Gasteiger partial charge in [0.1, 0.15) is 6.04 Å². The van der Waals surface area contributed by atoms with Crippen LogP contribution in [0.2, 0.25) is 0 Å².